The van der Waals surface area contributed by atoms with Gasteiger partial charge < -0.3 is 14.2 Å². The van der Waals surface area contributed by atoms with Gasteiger partial charge in [-0.3, -0.25) is 4.79 Å². The van der Waals surface area contributed by atoms with Crippen molar-refractivity contribution in [2.45, 2.75) is 157 Å². The summed E-state index contributed by atoms with van der Waals surface area (Å²) in [5.41, 5.74) is 4.64. The maximum atomic E-state index is 13.0. The van der Waals surface area contributed by atoms with Crippen molar-refractivity contribution in [3.05, 3.63) is 60.2 Å². The van der Waals surface area contributed by atoms with E-state index in [4.69, 9.17) is 14.2 Å². The Morgan fingerprint density at radius 1 is 0.792 bits per heavy atom. The van der Waals surface area contributed by atoms with E-state index in [1.54, 1.807) is 5.57 Å². The van der Waals surface area contributed by atoms with Gasteiger partial charge in [0.05, 0.1) is 13.2 Å². The SMILES string of the molecule is CCCCCCOc1ccc(-c2cccc(OCCCC(=O)O[C@H]3CC[C@@]4(C)C(=CC[C@H]5[C@@H]6CC[C@H]([C@H](C)CCCC(C)C)[C@@]6(C)CC[C@@H]54)C3)c2)cc1. The Labute approximate surface area is 323 Å². The fraction of sp³-hybridized carbons (Fsp3) is 0.694. The molecule has 2 aromatic rings. The molecule has 4 nitrogen and oxygen atoms in total. The van der Waals surface area contributed by atoms with E-state index in [0.717, 1.165) is 90.4 Å². The molecule has 0 N–H and O–H groups in total. The van der Waals surface area contributed by atoms with Gasteiger partial charge >= 0.3 is 5.97 Å². The molecule has 0 amide bonds. The Morgan fingerprint density at radius 2 is 1.58 bits per heavy atom. The van der Waals surface area contributed by atoms with Crippen LogP contribution in [0.25, 0.3) is 11.1 Å². The average Bonchev–Trinajstić information content (AvgIpc) is 3.51. The van der Waals surface area contributed by atoms with Gasteiger partial charge in [-0.05, 0) is 140 Å². The molecule has 0 spiro atoms. The molecule has 0 aromatic heterocycles. The minimum atomic E-state index is -0.0779. The highest BCUT2D eigenvalue weighted by molar-refractivity contribution is 5.69. The number of fused-ring (bicyclic) bond motifs is 5. The Bertz CT molecular complexity index is 1490. The molecular formula is C49H72O4. The zero-order valence-electron chi connectivity index (χ0n) is 34.3. The zero-order valence-corrected chi connectivity index (χ0v) is 34.3. The lowest BCUT2D eigenvalue weighted by atomic mass is 9.47. The van der Waals surface area contributed by atoms with E-state index in [1.165, 1.54) is 70.6 Å². The molecule has 0 saturated heterocycles. The van der Waals surface area contributed by atoms with Crippen LogP contribution in [-0.2, 0) is 9.53 Å². The lowest BCUT2D eigenvalue weighted by Gasteiger charge is -2.58. The highest BCUT2D eigenvalue weighted by atomic mass is 16.5. The smallest absolute Gasteiger partial charge is 0.306 e. The number of hydrogen-bond donors (Lipinski definition) is 0. The highest BCUT2D eigenvalue weighted by Gasteiger charge is 2.59. The van der Waals surface area contributed by atoms with Crippen molar-refractivity contribution in [1.82, 2.24) is 0 Å². The molecule has 0 radical (unpaired) electrons. The van der Waals surface area contributed by atoms with Crippen molar-refractivity contribution in [1.29, 1.82) is 0 Å². The first kappa shape index (κ1) is 39.9. The Morgan fingerprint density at radius 3 is 2.38 bits per heavy atom. The van der Waals surface area contributed by atoms with Crippen LogP contribution in [0, 0.1) is 46.3 Å². The third-order valence-corrected chi connectivity index (χ3v) is 14.6. The van der Waals surface area contributed by atoms with Crippen molar-refractivity contribution >= 4 is 5.97 Å². The molecule has 0 heterocycles. The van der Waals surface area contributed by atoms with Gasteiger partial charge in [0.2, 0.25) is 0 Å². The second-order valence-corrected chi connectivity index (χ2v) is 18.6. The van der Waals surface area contributed by atoms with Crippen LogP contribution in [0.3, 0.4) is 0 Å². The number of allylic oxidation sites excluding steroid dienone is 1. The van der Waals surface area contributed by atoms with Crippen LogP contribution in [-0.4, -0.2) is 25.3 Å². The van der Waals surface area contributed by atoms with Gasteiger partial charge in [-0.15, -0.1) is 0 Å². The highest BCUT2D eigenvalue weighted by Crippen LogP contribution is 2.67. The molecule has 3 saturated carbocycles. The summed E-state index contributed by atoms with van der Waals surface area (Å²) in [5, 5.41) is 0. The topological polar surface area (TPSA) is 44.8 Å². The van der Waals surface area contributed by atoms with Crippen LogP contribution in [0.2, 0.25) is 0 Å². The average molecular weight is 725 g/mol. The van der Waals surface area contributed by atoms with Gasteiger partial charge in [0.1, 0.15) is 17.6 Å². The first-order valence-electron chi connectivity index (χ1n) is 22.0. The Kier molecular flexibility index (Phi) is 13.8. The van der Waals surface area contributed by atoms with E-state index in [9.17, 15) is 4.79 Å². The van der Waals surface area contributed by atoms with Gasteiger partial charge in [0.15, 0.2) is 0 Å². The molecule has 4 aliphatic rings. The maximum Gasteiger partial charge on any atom is 0.306 e. The number of carbonyl (C=O) groups is 1. The minimum Gasteiger partial charge on any atom is -0.494 e. The second-order valence-electron chi connectivity index (χ2n) is 18.6. The summed E-state index contributed by atoms with van der Waals surface area (Å²) >= 11 is 0. The molecule has 4 heteroatoms. The van der Waals surface area contributed by atoms with Crippen molar-refractivity contribution in [2.75, 3.05) is 13.2 Å². The van der Waals surface area contributed by atoms with Crippen LogP contribution in [0.5, 0.6) is 11.5 Å². The maximum absolute atomic E-state index is 13.0. The predicted molar refractivity (Wildman–Crippen MR) is 219 cm³/mol. The number of ether oxygens (including phenoxy) is 3. The number of esters is 1. The molecule has 6 rings (SSSR count). The van der Waals surface area contributed by atoms with Crippen LogP contribution in [0.4, 0.5) is 0 Å². The summed E-state index contributed by atoms with van der Waals surface area (Å²) in [4.78, 5) is 13.0. The molecule has 0 aliphatic heterocycles. The van der Waals surface area contributed by atoms with Crippen LogP contribution < -0.4 is 9.47 Å². The summed E-state index contributed by atoms with van der Waals surface area (Å²) in [6.07, 6.45) is 22.7. The van der Waals surface area contributed by atoms with E-state index in [1.807, 2.05) is 12.1 Å². The van der Waals surface area contributed by atoms with Gasteiger partial charge in [0.25, 0.3) is 0 Å². The largest absolute Gasteiger partial charge is 0.494 e. The van der Waals surface area contributed by atoms with Crippen LogP contribution >= 0.6 is 0 Å². The van der Waals surface area contributed by atoms with E-state index in [0.29, 0.717) is 24.9 Å². The van der Waals surface area contributed by atoms with Crippen molar-refractivity contribution < 1.29 is 19.0 Å². The van der Waals surface area contributed by atoms with E-state index in [2.05, 4.69) is 84.0 Å². The fourth-order valence-corrected chi connectivity index (χ4v) is 11.6. The molecule has 8 atom stereocenters. The quantitative estimate of drug-likeness (QED) is 0.0872. The molecule has 0 bridgehead atoms. The fourth-order valence-electron chi connectivity index (χ4n) is 11.6. The lowest BCUT2D eigenvalue weighted by molar-refractivity contribution is -0.151. The number of unbranched alkanes of at least 4 members (excludes halogenated alkanes) is 3. The molecule has 0 unspecified atom stereocenters. The lowest BCUT2D eigenvalue weighted by Crippen LogP contribution is -2.51. The zero-order chi connectivity index (χ0) is 37.4. The Balaban J connectivity index is 0.935. The van der Waals surface area contributed by atoms with Gasteiger partial charge in [0, 0.05) is 12.8 Å². The van der Waals surface area contributed by atoms with E-state index in [-0.39, 0.29) is 17.5 Å². The van der Waals surface area contributed by atoms with Crippen LogP contribution in [0.1, 0.15) is 151 Å². The first-order valence-corrected chi connectivity index (χ1v) is 22.0. The van der Waals surface area contributed by atoms with Crippen molar-refractivity contribution in [3.63, 3.8) is 0 Å². The van der Waals surface area contributed by atoms with Gasteiger partial charge in [-0.1, -0.05) is 116 Å². The number of carbonyl (C=O) groups excluding carboxylic acids is 1. The standard InChI is InChI=1S/C49H72O4/c1-7-8-9-10-31-51-40-22-19-37(20-23-40)38-16-12-17-41(33-38)52-32-13-18-47(50)53-42-27-29-48(5)39(34-42)21-24-43-45-26-25-44(36(4)15-11-14-35(2)3)49(45,6)30-28-46(43)48/h12,16-17,19-23,33,35-36,42-46H,7-11,13-15,18,24-32,34H2,1-6H3/t36-,42+,43+,44-,45+,46+,48+,49-/m1/s1. The third-order valence-electron chi connectivity index (χ3n) is 14.6. The molecular weight excluding hydrogens is 653 g/mol. The van der Waals surface area contributed by atoms with Crippen molar-refractivity contribution in [3.8, 4) is 22.6 Å². The molecule has 53 heavy (non-hydrogen) atoms. The second kappa shape index (κ2) is 18.3. The minimum absolute atomic E-state index is 0.0187. The molecule has 4 aliphatic carbocycles. The summed E-state index contributed by atoms with van der Waals surface area (Å²) in [5.74, 6) is 6.75. The summed E-state index contributed by atoms with van der Waals surface area (Å²) < 4.78 is 18.1. The molecule has 2 aromatic carbocycles. The van der Waals surface area contributed by atoms with E-state index < -0.39 is 0 Å². The van der Waals surface area contributed by atoms with Crippen molar-refractivity contribution in [2.24, 2.45) is 46.3 Å². The van der Waals surface area contributed by atoms with Gasteiger partial charge in [-0.2, -0.15) is 0 Å². The van der Waals surface area contributed by atoms with Gasteiger partial charge in [-0.25, -0.2) is 0 Å². The molecule has 3 fully saturated rings. The summed E-state index contributed by atoms with van der Waals surface area (Å²) in [7, 11) is 0. The normalized spacial score (nSPS) is 29.8. The summed E-state index contributed by atoms with van der Waals surface area (Å²) in [6.45, 7) is 16.1. The first-order chi connectivity index (χ1) is 25.6. The van der Waals surface area contributed by atoms with Crippen LogP contribution in [0.15, 0.2) is 60.2 Å². The number of rotatable bonds is 18. The Hall–Kier alpha value is -2.75. The number of benzene rings is 2. The monoisotopic (exact) mass is 725 g/mol. The molecule has 292 valence electrons. The van der Waals surface area contributed by atoms with E-state index >= 15 is 0 Å². The third kappa shape index (κ3) is 9.56. The summed E-state index contributed by atoms with van der Waals surface area (Å²) in [6, 6.07) is 16.5. The number of hydrogen-bond acceptors (Lipinski definition) is 4. The predicted octanol–water partition coefficient (Wildman–Crippen LogP) is 13.4.